The summed E-state index contributed by atoms with van der Waals surface area (Å²) in [6.07, 6.45) is 1.37. The van der Waals surface area contributed by atoms with Crippen LogP contribution in [-0.4, -0.2) is 23.0 Å². The maximum Gasteiger partial charge on any atom is 0.341 e. The lowest BCUT2D eigenvalue weighted by atomic mass is 10.1. The molecule has 2 rings (SSSR count). The van der Waals surface area contributed by atoms with Crippen molar-refractivity contribution in [1.29, 1.82) is 0 Å². The van der Waals surface area contributed by atoms with Gasteiger partial charge in [0.05, 0.1) is 12.8 Å². The fourth-order valence-corrected chi connectivity index (χ4v) is 1.47. The minimum atomic E-state index is -0.483. The third-order valence-corrected chi connectivity index (χ3v) is 2.26. The maximum atomic E-state index is 11.6. The Morgan fingerprint density at radius 1 is 1.29 bits per heavy atom. The third-order valence-electron chi connectivity index (χ3n) is 2.26. The molecule has 0 radical (unpaired) electrons. The van der Waals surface area contributed by atoms with E-state index in [2.05, 4.69) is 14.7 Å². The SMILES string of the molecule is COC(=O)c1cnc(N)nc1-c1ccccc1. The highest BCUT2D eigenvalue weighted by atomic mass is 16.5. The molecule has 0 amide bonds. The van der Waals surface area contributed by atoms with Crippen molar-refractivity contribution < 1.29 is 9.53 Å². The summed E-state index contributed by atoms with van der Waals surface area (Å²) in [6, 6.07) is 9.28. The van der Waals surface area contributed by atoms with Crippen molar-refractivity contribution in [3.05, 3.63) is 42.1 Å². The second-order valence-corrected chi connectivity index (χ2v) is 3.35. The van der Waals surface area contributed by atoms with E-state index >= 15 is 0 Å². The zero-order valence-corrected chi connectivity index (χ0v) is 9.25. The van der Waals surface area contributed by atoms with Gasteiger partial charge in [0.25, 0.3) is 0 Å². The molecule has 1 aromatic heterocycles. The van der Waals surface area contributed by atoms with E-state index < -0.39 is 5.97 Å². The Hall–Kier alpha value is -2.43. The Morgan fingerprint density at radius 2 is 2.00 bits per heavy atom. The van der Waals surface area contributed by atoms with Crippen molar-refractivity contribution in [2.45, 2.75) is 0 Å². The first kappa shape index (κ1) is 11.1. The summed E-state index contributed by atoms with van der Waals surface area (Å²) >= 11 is 0. The van der Waals surface area contributed by atoms with Crippen molar-refractivity contribution in [2.24, 2.45) is 0 Å². The molecule has 2 aromatic rings. The number of methoxy groups -OCH3 is 1. The number of esters is 1. The number of nitrogens with two attached hydrogens (primary N) is 1. The van der Waals surface area contributed by atoms with E-state index in [1.807, 2.05) is 30.3 Å². The van der Waals surface area contributed by atoms with Gasteiger partial charge in [-0.1, -0.05) is 30.3 Å². The van der Waals surface area contributed by atoms with Crippen LogP contribution in [0.2, 0.25) is 0 Å². The fraction of sp³-hybridized carbons (Fsp3) is 0.0833. The fourth-order valence-electron chi connectivity index (χ4n) is 1.47. The molecule has 0 saturated carbocycles. The molecule has 1 heterocycles. The lowest BCUT2D eigenvalue weighted by Crippen LogP contribution is -2.08. The molecule has 86 valence electrons. The van der Waals surface area contributed by atoms with Crippen LogP contribution in [0, 0.1) is 0 Å². The molecular formula is C12H11N3O2. The van der Waals surface area contributed by atoms with Crippen LogP contribution in [-0.2, 0) is 4.74 Å². The largest absolute Gasteiger partial charge is 0.465 e. The van der Waals surface area contributed by atoms with Crippen LogP contribution in [0.15, 0.2) is 36.5 Å². The molecule has 0 saturated heterocycles. The first-order valence-electron chi connectivity index (χ1n) is 4.98. The first-order valence-corrected chi connectivity index (χ1v) is 4.98. The molecule has 0 spiro atoms. The van der Waals surface area contributed by atoms with Crippen LogP contribution < -0.4 is 5.73 Å². The van der Waals surface area contributed by atoms with Gasteiger partial charge in [0.15, 0.2) is 0 Å². The van der Waals surface area contributed by atoms with Gasteiger partial charge in [0.1, 0.15) is 5.56 Å². The van der Waals surface area contributed by atoms with E-state index in [0.29, 0.717) is 11.3 Å². The van der Waals surface area contributed by atoms with Crippen molar-refractivity contribution in [1.82, 2.24) is 9.97 Å². The van der Waals surface area contributed by atoms with Gasteiger partial charge in [-0.15, -0.1) is 0 Å². The number of hydrogen-bond donors (Lipinski definition) is 1. The Morgan fingerprint density at radius 3 is 2.65 bits per heavy atom. The monoisotopic (exact) mass is 229 g/mol. The molecule has 1 aromatic carbocycles. The van der Waals surface area contributed by atoms with Crippen molar-refractivity contribution >= 4 is 11.9 Å². The molecule has 5 nitrogen and oxygen atoms in total. The van der Waals surface area contributed by atoms with E-state index in [1.54, 1.807) is 0 Å². The summed E-state index contributed by atoms with van der Waals surface area (Å²) in [7, 11) is 1.31. The normalized spacial score (nSPS) is 9.94. The Labute approximate surface area is 98.3 Å². The molecule has 17 heavy (non-hydrogen) atoms. The number of carbonyl (C=O) groups is 1. The topological polar surface area (TPSA) is 78.1 Å². The quantitative estimate of drug-likeness (QED) is 0.790. The number of benzene rings is 1. The number of carbonyl (C=O) groups excluding carboxylic acids is 1. The number of ether oxygens (including phenoxy) is 1. The van der Waals surface area contributed by atoms with Crippen LogP contribution in [0.25, 0.3) is 11.3 Å². The molecular weight excluding hydrogens is 218 g/mol. The van der Waals surface area contributed by atoms with Gasteiger partial charge in [-0.2, -0.15) is 0 Å². The van der Waals surface area contributed by atoms with Gasteiger partial charge in [-0.05, 0) is 0 Å². The van der Waals surface area contributed by atoms with Crippen molar-refractivity contribution in [2.75, 3.05) is 12.8 Å². The van der Waals surface area contributed by atoms with Gasteiger partial charge in [-0.25, -0.2) is 14.8 Å². The summed E-state index contributed by atoms with van der Waals surface area (Å²) in [5.74, 6) is -0.361. The molecule has 5 heteroatoms. The second-order valence-electron chi connectivity index (χ2n) is 3.35. The predicted octanol–water partition coefficient (Wildman–Crippen LogP) is 1.51. The van der Waals surface area contributed by atoms with Gasteiger partial charge >= 0.3 is 5.97 Å². The molecule has 2 N–H and O–H groups in total. The van der Waals surface area contributed by atoms with Crippen LogP contribution in [0.5, 0.6) is 0 Å². The summed E-state index contributed by atoms with van der Waals surface area (Å²) in [6.45, 7) is 0. The lowest BCUT2D eigenvalue weighted by molar-refractivity contribution is 0.0601. The predicted molar refractivity (Wildman–Crippen MR) is 63.2 cm³/mol. The summed E-state index contributed by atoms with van der Waals surface area (Å²) in [5.41, 5.74) is 7.10. The molecule has 0 bridgehead atoms. The van der Waals surface area contributed by atoms with Crippen LogP contribution in [0.4, 0.5) is 5.95 Å². The number of rotatable bonds is 2. The third kappa shape index (κ3) is 2.23. The molecule has 0 atom stereocenters. The van der Waals surface area contributed by atoms with Gasteiger partial charge in [0, 0.05) is 11.8 Å². The van der Waals surface area contributed by atoms with Gasteiger partial charge < -0.3 is 10.5 Å². The average molecular weight is 229 g/mol. The highest BCUT2D eigenvalue weighted by Gasteiger charge is 2.15. The van der Waals surface area contributed by atoms with Crippen molar-refractivity contribution in [3.63, 3.8) is 0 Å². The van der Waals surface area contributed by atoms with Gasteiger partial charge in [-0.3, -0.25) is 0 Å². The Bertz CT molecular complexity index is 541. The van der Waals surface area contributed by atoms with E-state index in [-0.39, 0.29) is 5.95 Å². The van der Waals surface area contributed by atoms with Crippen molar-refractivity contribution in [3.8, 4) is 11.3 Å². The van der Waals surface area contributed by atoms with E-state index in [4.69, 9.17) is 5.73 Å². The highest BCUT2D eigenvalue weighted by molar-refractivity contribution is 5.95. The summed E-state index contributed by atoms with van der Waals surface area (Å²) in [5, 5.41) is 0. The maximum absolute atomic E-state index is 11.6. The number of hydrogen-bond acceptors (Lipinski definition) is 5. The number of nitrogens with zero attached hydrogens (tertiary/aromatic N) is 2. The first-order chi connectivity index (χ1) is 8.22. The summed E-state index contributed by atoms with van der Waals surface area (Å²) in [4.78, 5) is 19.5. The number of nitrogen functional groups attached to an aromatic ring is 1. The van der Waals surface area contributed by atoms with Gasteiger partial charge in [0.2, 0.25) is 5.95 Å². The molecule has 0 aliphatic heterocycles. The minimum absolute atomic E-state index is 0.122. The average Bonchev–Trinajstić information content (AvgIpc) is 2.39. The Kier molecular flexibility index (Phi) is 3.00. The molecule has 0 aliphatic rings. The zero-order valence-electron chi connectivity index (χ0n) is 9.25. The molecule has 0 fully saturated rings. The van der Waals surface area contributed by atoms with Crippen LogP contribution >= 0.6 is 0 Å². The van der Waals surface area contributed by atoms with E-state index in [9.17, 15) is 4.79 Å². The van der Waals surface area contributed by atoms with Crippen LogP contribution in [0.1, 0.15) is 10.4 Å². The van der Waals surface area contributed by atoms with E-state index in [1.165, 1.54) is 13.3 Å². The van der Waals surface area contributed by atoms with Crippen LogP contribution in [0.3, 0.4) is 0 Å². The second kappa shape index (κ2) is 4.61. The minimum Gasteiger partial charge on any atom is -0.465 e. The molecule has 0 aliphatic carbocycles. The zero-order chi connectivity index (χ0) is 12.3. The summed E-state index contributed by atoms with van der Waals surface area (Å²) < 4.78 is 4.68. The standard InChI is InChI=1S/C12H11N3O2/c1-17-11(16)9-7-14-12(13)15-10(9)8-5-3-2-4-6-8/h2-7H,1H3,(H2,13,14,15). The number of aromatic nitrogens is 2. The lowest BCUT2D eigenvalue weighted by Gasteiger charge is -2.07. The number of anilines is 1. The van der Waals surface area contributed by atoms with E-state index in [0.717, 1.165) is 5.56 Å². The highest BCUT2D eigenvalue weighted by Crippen LogP contribution is 2.21. The molecule has 0 unspecified atom stereocenters. The smallest absolute Gasteiger partial charge is 0.341 e. The Balaban J connectivity index is 2.59.